The van der Waals surface area contributed by atoms with Crippen molar-refractivity contribution < 1.29 is 9.53 Å². The van der Waals surface area contributed by atoms with Crippen molar-refractivity contribution in [2.75, 3.05) is 13.1 Å². The van der Waals surface area contributed by atoms with Gasteiger partial charge in [-0.15, -0.1) is 0 Å². The van der Waals surface area contributed by atoms with E-state index < -0.39 is 11.6 Å². The van der Waals surface area contributed by atoms with Gasteiger partial charge >= 0.3 is 11.7 Å². The highest BCUT2D eigenvalue weighted by Gasteiger charge is 2.35. The molecule has 0 saturated carbocycles. The molecule has 1 aromatic carbocycles. The number of aromatic nitrogens is 2. The van der Waals surface area contributed by atoms with Gasteiger partial charge in [-0.25, -0.2) is 9.59 Å². The number of nitrogens with zero attached hydrogens (tertiary/aromatic N) is 2. The van der Waals surface area contributed by atoms with E-state index >= 15 is 0 Å². The Morgan fingerprint density at radius 3 is 2.43 bits per heavy atom. The van der Waals surface area contributed by atoms with E-state index in [9.17, 15) is 9.59 Å². The summed E-state index contributed by atoms with van der Waals surface area (Å²) in [6.07, 6.45) is 2.03. The number of nitrogens with one attached hydrogen (secondary N) is 2. The van der Waals surface area contributed by atoms with Crippen molar-refractivity contribution in [2.24, 2.45) is 0 Å². The first kappa shape index (κ1) is 22.3. The molecule has 1 aromatic heterocycles. The van der Waals surface area contributed by atoms with Crippen molar-refractivity contribution in [2.45, 2.75) is 78.0 Å². The number of likely N-dealkylation sites (tertiary alicyclic amines) is 1. The molecular formula is C23H34N4O3. The molecule has 0 spiro atoms. The van der Waals surface area contributed by atoms with Gasteiger partial charge in [-0.3, -0.25) is 14.9 Å². The smallest absolute Gasteiger partial charge is 0.352 e. The van der Waals surface area contributed by atoms with Gasteiger partial charge in [-0.05, 0) is 72.1 Å². The Hall–Kier alpha value is -2.41. The Morgan fingerprint density at radius 1 is 1.20 bits per heavy atom. The number of esters is 1. The fourth-order valence-corrected chi connectivity index (χ4v) is 4.29. The number of hydrogen-bond donors (Lipinski definition) is 2. The quantitative estimate of drug-likeness (QED) is 0.575. The van der Waals surface area contributed by atoms with Crippen LogP contribution >= 0.6 is 0 Å². The molecule has 0 atom stereocenters. The molecule has 2 heterocycles. The lowest BCUT2D eigenvalue weighted by atomic mass is 9.91. The first-order valence-electron chi connectivity index (χ1n) is 10.6. The maximum absolute atomic E-state index is 12.6. The van der Waals surface area contributed by atoms with Crippen LogP contribution in [0.1, 0.15) is 65.5 Å². The first-order valence-corrected chi connectivity index (χ1v) is 10.6. The molecule has 1 fully saturated rings. The number of rotatable bonds is 5. The summed E-state index contributed by atoms with van der Waals surface area (Å²) in [6.45, 7) is 13.2. The van der Waals surface area contributed by atoms with Crippen LogP contribution in [-0.2, 0) is 9.53 Å². The zero-order valence-electron chi connectivity index (χ0n) is 19.0. The minimum absolute atomic E-state index is 0.000247. The van der Waals surface area contributed by atoms with Crippen molar-refractivity contribution in [1.29, 1.82) is 5.41 Å². The van der Waals surface area contributed by atoms with Crippen LogP contribution in [0.25, 0.3) is 11.0 Å². The maximum Gasteiger partial charge on any atom is 0.352 e. The Balaban J connectivity index is 1.66. The number of imidazole rings is 1. The number of hydrogen-bond acceptors (Lipinski definition) is 5. The van der Waals surface area contributed by atoms with E-state index in [0.29, 0.717) is 6.42 Å². The normalized spacial score (nSPS) is 16.7. The standard InChI is InChI=1S/C23H34N4O3/c1-15-7-8-19-18(13-15)25-21(29)27(19)16-9-11-26(12-10-16)23(5,6)14-17(24)20(28)30-22(2,3)4/h7-8,13,16,24H,9-12,14H2,1-6H3,(H,25,29). The summed E-state index contributed by atoms with van der Waals surface area (Å²) in [6, 6.07) is 6.20. The molecule has 1 aliphatic rings. The number of benzene rings is 1. The largest absolute Gasteiger partial charge is 0.456 e. The summed E-state index contributed by atoms with van der Waals surface area (Å²) in [5, 5.41) is 8.19. The first-order chi connectivity index (χ1) is 13.9. The minimum Gasteiger partial charge on any atom is -0.456 e. The van der Waals surface area contributed by atoms with Gasteiger partial charge in [0.1, 0.15) is 11.3 Å². The van der Waals surface area contributed by atoms with Crippen LogP contribution in [0, 0.1) is 12.3 Å². The monoisotopic (exact) mass is 414 g/mol. The summed E-state index contributed by atoms with van der Waals surface area (Å²) >= 11 is 0. The lowest BCUT2D eigenvalue weighted by molar-refractivity contribution is -0.146. The van der Waals surface area contributed by atoms with Crippen molar-refractivity contribution in [3.63, 3.8) is 0 Å². The van der Waals surface area contributed by atoms with E-state index in [4.69, 9.17) is 10.1 Å². The predicted molar refractivity (Wildman–Crippen MR) is 119 cm³/mol. The number of carbonyl (C=O) groups excluding carboxylic acids is 1. The van der Waals surface area contributed by atoms with Crippen LogP contribution in [0.4, 0.5) is 0 Å². The summed E-state index contributed by atoms with van der Waals surface area (Å²) in [5.74, 6) is -0.550. The van der Waals surface area contributed by atoms with Crippen molar-refractivity contribution in [3.8, 4) is 0 Å². The molecular weight excluding hydrogens is 380 g/mol. The van der Waals surface area contributed by atoms with E-state index in [1.165, 1.54) is 0 Å². The molecule has 164 valence electrons. The van der Waals surface area contributed by atoms with Crippen LogP contribution in [0.15, 0.2) is 23.0 Å². The lowest BCUT2D eigenvalue weighted by Gasteiger charge is -2.43. The Morgan fingerprint density at radius 2 is 1.83 bits per heavy atom. The number of piperidine rings is 1. The highest BCUT2D eigenvalue weighted by Crippen LogP contribution is 2.30. The molecule has 30 heavy (non-hydrogen) atoms. The molecule has 3 rings (SSSR count). The second-order valence-electron chi connectivity index (χ2n) is 10.0. The topological polar surface area (TPSA) is 91.2 Å². The third-order valence-electron chi connectivity index (χ3n) is 5.81. The summed E-state index contributed by atoms with van der Waals surface area (Å²) in [4.78, 5) is 30.1. The molecule has 2 aromatic rings. The van der Waals surface area contributed by atoms with Gasteiger partial charge in [-0.1, -0.05) is 6.07 Å². The number of H-pyrrole nitrogens is 1. The lowest BCUT2D eigenvalue weighted by Crippen LogP contribution is -2.50. The molecule has 1 aliphatic heterocycles. The van der Waals surface area contributed by atoms with Crippen LogP contribution < -0.4 is 5.69 Å². The Labute approximate surface area is 177 Å². The number of aromatic amines is 1. The van der Waals surface area contributed by atoms with Crippen molar-refractivity contribution in [1.82, 2.24) is 14.5 Å². The van der Waals surface area contributed by atoms with Crippen LogP contribution in [-0.4, -0.2) is 50.4 Å². The molecule has 0 radical (unpaired) electrons. The van der Waals surface area contributed by atoms with Gasteiger partial charge < -0.3 is 9.72 Å². The fraction of sp³-hybridized carbons (Fsp3) is 0.609. The van der Waals surface area contributed by atoms with E-state index in [-0.39, 0.29) is 23.0 Å². The highest BCUT2D eigenvalue weighted by molar-refractivity contribution is 6.35. The van der Waals surface area contributed by atoms with Gasteiger partial charge in [0.25, 0.3) is 0 Å². The molecule has 0 bridgehead atoms. The average molecular weight is 415 g/mol. The molecule has 0 aliphatic carbocycles. The average Bonchev–Trinajstić information content (AvgIpc) is 2.94. The van der Waals surface area contributed by atoms with Crippen LogP contribution in [0.2, 0.25) is 0 Å². The molecule has 7 nitrogen and oxygen atoms in total. The Bertz CT molecular complexity index is 1000. The van der Waals surface area contributed by atoms with Gasteiger partial charge in [0.2, 0.25) is 0 Å². The zero-order chi connectivity index (χ0) is 22.3. The van der Waals surface area contributed by atoms with Gasteiger partial charge in [-0.2, -0.15) is 0 Å². The molecule has 0 unspecified atom stereocenters. The van der Waals surface area contributed by atoms with Crippen molar-refractivity contribution >= 4 is 22.7 Å². The third kappa shape index (κ3) is 4.83. The number of fused-ring (bicyclic) bond motifs is 1. The highest BCUT2D eigenvalue weighted by atomic mass is 16.6. The third-order valence-corrected chi connectivity index (χ3v) is 5.81. The summed E-state index contributed by atoms with van der Waals surface area (Å²) < 4.78 is 7.23. The van der Waals surface area contributed by atoms with E-state index in [1.807, 2.05) is 50.5 Å². The van der Waals surface area contributed by atoms with Crippen LogP contribution in [0.3, 0.4) is 0 Å². The van der Waals surface area contributed by atoms with Gasteiger partial charge in [0, 0.05) is 31.1 Å². The Kier molecular flexibility index (Phi) is 5.96. The number of carbonyl (C=O) groups is 1. The van der Waals surface area contributed by atoms with E-state index in [1.54, 1.807) is 0 Å². The van der Waals surface area contributed by atoms with Gasteiger partial charge in [0.05, 0.1) is 11.0 Å². The number of aryl methyl sites for hydroxylation is 1. The van der Waals surface area contributed by atoms with Crippen molar-refractivity contribution in [3.05, 3.63) is 34.2 Å². The second kappa shape index (κ2) is 8.02. The molecule has 7 heteroatoms. The molecule has 1 saturated heterocycles. The minimum atomic E-state index is -0.600. The summed E-state index contributed by atoms with van der Waals surface area (Å²) in [7, 11) is 0. The van der Waals surface area contributed by atoms with E-state index in [0.717, 1.165) is 42.5 Å². The predicted octanol–water partition coefficient (Wildman–Crippen LogP) is 3.81. The second-order valence-corrected chi connectivity index (χ2v) is 10.0. The number of ether oxygens (including phenoxy) is 1. The maximum atomic E-state index is 12.6. The zero-order valence-corrected chi connectivity index (χ0v) is 19.0. The van der Waals surface area contributed by atoms with Crippen LogP contribution in [0.5, 0.6) is 0 Å². The van der Waals surface area contributed by atoms with Gasteiger partial charge in [0.15, 0.2) is 0 Å². The SMILES string of the molecule is Cc1ccc2c(c1)[nH]c(=O)n2C1CCN(C(C)(C)CC(=N)C(=O)OC(C)(C)C)CC1. The van der Waals surface area contributed by atoms with E-state index in [2.05, 4.69) is 23.7 Å². The fourth-order valence-electron chi connectivity index (χ4n) is 4.29. The summed E-state index contributed by atoms with van der Waals surface area (Å²) in [5.41, 5.74) is 1.97. The molecule has 2 N–H and O–H groups in total. The molecule has 0 amide bonds.